The van der Waals surface area contributed by atoms with E-state index in [1.165, 1.54) is 0 Å². The summed E-state index contributed by atoms with van der Waals surface area (Å²) in [6.07, 6.45) is -0.263. The van der Waals surface area contributed by atoms with Gasteiger partial charge >= 0.3 is 0 Å². The number of benzene rings is 2. The Morgan fingerprint density at radius 2 is 1.85 bits per heavy atom. The largest absolute Gasteiger partial charge is 0.496 e. The highest BCUT2D eigenvalue weighted by molar-refractivity contribution is 9.10. The number of methoxy groups -OCH3 is 1. The van der Waals surface area contributed by atoms with Gasteiger partial charge in [-0.2, -0.15) is 0 Å². The Balaban J connectivity index is 2.32. The molecule has 0 bridgehead atoms. The van der Waals surface area contributed by atoms with Gasteiger partial charge in [0.2, 0.25) is 0 Å². The molecule has 2 aromatic carbocycles. The molecule has 2 N–H and O–H groups in total. The number of para-hydroxylation sites is 1. The van der Waals surface area contributed by atoms with Crippen LogP contribution in [0.15, 0.2) is 53.0 Å². The summed E-state index contributed by atoms with van der Waals surface area (Å²) in [6, 6.07) is 15.3. The zero-order valence-corrected chi connectivity index (χ0v) is 13.1. The lowest BCUT2D eigenvalue weighted by Crippen LogP contribution is -2.29. The molecular weight excluding hydrogens is 318 g/mol. The van der Waals surface area contributed by atoms with E-state index >= 15 is 0 Å². The fraction of sp³-hybridized carbons (Fsp3) is 0.250. The minimum Gasteiger partial charge on any atom is -0.496 e. The average Bonchev–Trinajstić information content (AvgIpc) is 2.44. The molecule has 2 aromatic rings. The molecule has 0 radical (unpaired) electrons. The Morgan fingerprint density at radius 3 is 2.50 bits per heavy atom. The van der Waals surface area contributed by atoms with E-state index in [1.807, 2.05) is 55.5 Å². The van der Waals surface area contributed by atoms with Gasteiger partial charge in [-0.05, 0) is 31.2 Å². The third-order valence-corrected chi connectivity index (χ3v) is 3.48. The molecule has 0 saturated heterocycles. The third-order valence-electron chi connectivity index (χ3n) is 2.98. The summed E-state index contributed by atoms with van der Waals surface area (Å²) in [7, 11) is 1.65. The average molecular weight is 336 g/mol. The van der Waals surface area contributed by atoms with Crippen molar-refractivity contribution in [3.63, 3.8) is 0 Å². The van der Waals surface area contributed by atoms with Gasteiger partial charge in [0.05, 0.1) is 7.11 Å². The van der Waals surface area contributed by atoms with Gasteiger partial charge in [-0.3, -0.25) is 0 Å². The van der Waals surface area contributed by atoms with Crippen molar-refractivity contribution in [1.82, 2.24) is 0 Å². The lowest BCUT2D eigenvalue weighted by Gasteiger charge is -2.24. The summed E-state index contributed by atoms with van der Waals surface area (Å²) in [4.78, 5) is 0. The highest BCUT2D eigenvalue weighted by Crippen LogP contribution is 2.31. The topological polar surface area (TPSA) is 44.5 Å². The molecule has 2 atom stereocenters. The quantitative estimate of drug-likeness (QED) is 0.900. The minimum absolute atomic E-state index is 0.162. The molecule has 0 amide bonds. The van der Waals surface area contributed by atoms with Crippen LogP contribution in [0.3, 0.4) is 0 Å². The number of rotatable bonds is 5. The number of ether oxygens (including phenoxy) is 2. The van der Waals surface area contributed by atoms with E-state index in [2.05, 4.69) is 15.9 Å². The van der Waals surface area contributed by atoms with Crippen LogP contribution < -0.4 is 15.2 Å². The molecule has 2 rings (SSSR count). The van der Waals surface area contributed by atoms with E-state index in [0.717, 1.165) is 21.5 Å². The van der Waals surface area contributed by atoms with Crippen LogP contribution in [0.2, 0.25) is 0 Å². The molecule has 0 heterocycles. The first kappa shape index (κ1) is 14.9. The molecule has 0 aliphatic heterocycles. The monoisotopic (exact) mass is 335 g/mol. The normalized spacial score (nSPS) is 13.6. The molecule has 0 aromatic heterocycles. The Hall–Kier alpha value is -1.52. The molecule has 0 fully saturated rings. The smallest absolute Gasteiger partial charge is 0.142 e. The Morgan fingerprint density at radius 1 is 1.10 bits per heavy atom. The van der Waals surface area contributed by atoms with E-state index in [-0.39, 0.29) is 12.1 Å². The summed E-state index contributed by atoms with van der Waals surface area (Å²) in [5.74, 6) is 1.55. The van der Waals surface area contributed by atoms with Gasteiger partial charge in [-0.1, -0.05) is 40.2 Å². The van der Waals surface area contributed by atoms with Gasteiger partial charge in [-0.15, -0.1) is 0 Å². The second kappa shape index (κ2) is 6.77. The third kappa shape index (κ3) is 3.52. The van der Waals surface area contributed by atoms with Crippen molar-refractivity contribution in [3.05, 3.63) is 58.6 Å². The molecule has 20 heavy (non-hydrogen) atoms. The van der Waals surface area contributed by atoms with Crippen molar-refractivity contribution in [2.75, 3.05) is 7.11 Å². The fourth-order valence-electron chi connectivity index (χ4n) is 2.04. The van der Waals surface area contributed by atoms with Crippen molar-refractivity contribution in [2.45, 2.75) is 19.1 Å². The van der Waals surface area contributed by atoms with Crippen LogP contribution in [-0.4, -0.2) is 13.2 Å². The van der Waals surface area contributed by atoms with E-state index in [1.54, 1.807) is 7.11 Å². The maximum Gasteiger partial charge on any atom is 0.142 e. The zero-order valence-electron chi connectivity index (χ0n) is 11.5. The second-order valence-corrected chi connectivity index (χ2v) is 5.51. The lowest BCUT2D eigenvalue weighted by atomic mass is 10.0. The van der Waals surface area contributed by atoms with Crippen molar-refractivity contribution in [3.8, 4) is 11.5 Å². The minimum atomic E-state index is -0.263. The van der Waals surface area contributed by atoms with E-state index in [0.29, 0.717) is 0 Å². The summed E-state index contributed by atoms with van der Waals surface area (Å²) >= 11 is 3.44. The summed E-state index contributed by atoms with van der Waals surface area (Å²) in [5, 5.41) is 0. The molecule has 0 aliphatic carbocycles. The summed E-state index contributed by atoms with van der Waals surface area (Å²) in [5.41, 5.74) is 7.03. The van der Waals surface area contributed by atoms with E-state index in [9.17, 15) is 0 Å². The first-order chi connectivity index (χ1) is 9.61. The van der Waals surface area contributed by atoms with Gasteiger partial charge in [0.25, 0.3) is 0 Å². The van der Waals surface area contributed by atoms with Gasteiger partial charge < -0.3 is 15.2 Å². The van der Waals surface area contributed by atoms with E-state index < -0.39 is 0 Å². The Bertz CT molecular complexity index is 572. The molecule has 3 nitrogen and oxygen atoms in total. The van der Waals surface area contributed by atoms with Crippen LogP contribution in [0.4, 0.5) is 0 Å². The number of hydrogen-bond acceptors (Lipinski definition) is 3. The van der Waals surface area contributed by atoms with Crippen molar-refractivity contribution >= 4 is 15.9 Å². The van der Waals surface area contributed by atoms with E-state index in [4.69, 9.17) is 15.2 Å². The molecule has 4 heteroatoms. The van der Waals surface area contributed by atoms with Gasteiger partial charge in [0, 0.05) is 16.1 Å². The Labute approximate surface area is 127 Å². The lowest BCUT2D eigenvalue weighted by molar-refractivity contribution is 0.176. The predicted octanol–water partition coefficient (Wildman–Crippen LogP) is 3.93. The van der Waals surface area contributed by atoms with Gasteiger partial charge in [0.1, 0.15) is 17.6 Å². The number of halogens is 1. The van der Waals surface area contributed by atoms with Crippen LogP contribution in [0.25, 0.3) is 0 Å². The van der Waals surface area contributed by atoms with Crippen LogP contribution in [0, 0.1) is 0 Å². The second-order valence-electron chi connectivity index (χ2n) is 4.60. The van der Waals surface area contributed by atoms with Crippen molar-refractivity contribution < 1.29 is 9.47 Å². The highest BCUT2D eigenvalue weighted by Gasteiger charge is 2.21. The first-order valence-corrected chi connectivity index (χ1v) is 7.22. The van der Waals surface area contributed by atoms with Crippen molar-refractivity contribution in [2.24, 2.45) is 5.73 Å². The van der Waals surface area contributed by atoms with Crippen LogP contribution in [0.1, 0.15) is 18.6 Å². The molecule has 0 spiro atoms. The summed E-state index contributed by atoms with van der Waals surface area (Å²) in [6.45, 7) is 1.93. The zero-order chi connectivity index (χ0) is 14.5. The fourth-order valence-corrected chi connectivity index (χ4v) is 2.42. The first-order valence-electron chi connectivity index (χ1n) is 6.42. The Kier molecular flexibility index (Phi) is 5.04. The van der Waals surface area contributed by atoms with Gasteiger partial charge in [0.15, 0.2) is 0 Å². The standard InChI is InChI=1S/C16H18BrNO2/c1-11(18)16(14-8-3-4-9-15(14)19-2)20-13-7-5-6-12(17)10-13/h3-11,16H,18H2,1-2H3. The number of nitrogens with two attached hydrogens (primary N) is 1. The van der Waals surface area contributed by atoms with Crippen LogP contribution >= 0.6 is 15.9 Å². The maximum absolute atomic E-state index is 6.09. The molecule has 0 saturated carbocycles. The highest BCUT2D eigenvalue weighted by atomic mass is 79.9. The molecule has 2 unspecified atom stereocenters. The predicted molar refractivity (Wildman–Crippen MR) is 84.2 cm³/mol. The number of hydrogen-bond donors (Lipinski definition) is 1. The SMILES string of the molecule is COc1ccccc1C(Oc1cccc(Br)c1)C(C)N. The van der Waals surface area contributed by atoms with Gasteiger partial charge in [-0.25, -0.2) is 0 Å². The van der Waals surface area contributed by atoms with Crippen LogP contribution in [-0.2, 0) is 0 Å². The van der Waals surface area contributed by atoms with Crippen LogP contribution in [0.5, 0.6) is 11.5 Å². The van der Waals surface area contributed by atoms with Crippen molar-refractivity contribution in [1.29, 1.82) is 0 Å². The summed E-state index contributed by atoms with van der Waals surface area (Å²) < 4.78 is 12.4. The molecule has 106 valence electrons. The molecular formula is C16H18BrNO2. The maximum atomic E-state index is 6.09. The molecule has 0 aliphatic rings.